The molecule has 0 heterocycles. The molecule has 1 aliphatic carbocycles. The van der Waals surface area contributed by atoms with Crippen LogP contribution in [0.4, 0.5) is 0 Å². The van der Waals surface area contributed by atoms with Gasteiger partial charge in [0, 0.05) is 5.22 Å². The largest absolute Gasteiger partial charge is 0.478 e. The van der Waals surface area contributed by atoms with Crippen LogP contribution in [0.15, 0.2) is 54.6 Å². The van der Waals surface area contributed by atoms with E-state index in [1.165, 1.54) is 0 Å². The maximum atomic E-state index is 11.4. The Kier molecular flexibility index (Phi) is 2.76. The van der Waals surface area contributed by atoms with Gasteiger partial charge in [0.2, 0.25) is 0 Å². The fourth-order valence-corrected chi connectivity index (χ4v) is 2.38. The third-order valence-electron chi connectivity index (χ3n) is 3.22. The zero-order valence-corrected chi connectivity index (χ0v) is 10.2. The van der Waals surface area contributed by atoms with Crippen LogP contribution >= 0.6 is 0 Å². The first-order valence-electron chi connectivity index (χ1n) is 6.08. The van der Waals surface area contributed by atoms with Crippen molar-refractivity contribution < 1.29 is 9.90 Å². The number of carboxylic acids is 1. The molecule has 0 spiro atoms. The molecule has 0 saturated carbocycles. The van der Waals surface area contributed by atoms with Gasteiger partial charge < -0.3 is 5.11 Å². The van der Waals surface area contributed by atoms with E-state index in [9.17, 15) is 9.90 Å². The van der Waals surface area contributed by atoms with E-state index in [-0.39, 0.29) is 0 Å². The Hall–Kier alpha value is -2.61. The lowest BCUT2D eigenvalue weighted by atomic mass is 10.0. The van der Waals surface area contributed by atoms with Crippen LogP contribution in [0.2, 0.25) is 0 Å². The molecule has 2 nitrogen and oxygen atoms in total. The van der Waals surface area contributed by atoms with Crippen molar-refractivity contribution in [2.24, 2.45) is 0 Å². The number of hydrogen-bond acceptors (Lipinski definition) is 1. The molecule has 0 amide bonds. The van der Waals surface area contributed by atoms with Gasteiger partial charge in [0.15, 0.2) is 0 Å². The number of carboxylic acid groups (broad SMARTS) is 1. The van der Waals surface area contributed by atoms with Crippen molar-refractivity contribution in [1.29, 1.82) is 0 Å². The number of carbonyl (C=O) groups is 1. The van der Waals surface area contributed by atoms with Crippen LogP contribution in [-0.4, -0.2) is 11.1 Å². The summed E-state index contributed by atoms with van der Waals surface area (Å²) in [5, 5.41) is 13.1. The monoisotopic (exact) mass is 248 g/mol. The molecule has 2 aromatic carbocycles. The van der Waals surface area contributed by atoms with Gasteiger partial charge in [0.05, 0.1) is 5.56 Å². The van der Waals surface area contributed by atoms with E-state index in [0.29, 0.717) is 5.56 Å². The third kappa shape index (κ3) is 1.97. The third-order valence-corrected chi connectivity index (χ3v) is 3.22. The fourth-order valence-electron chi connectivity index (χ4n) is 2.38. The van der Waals surface area contributed by atoms with Crippen molar-refractivity contribution >= 4 is 18.1 Å². The Morgan fingerprint density at radius 2 is 1.53 bits per heavy atom. The molecule has 0 fully saturated rings. The second-order valence-electron chi connectivity index (χ2n) is 4.38. The fraction of sp³-hybridized carbons (Fsp3) is 0. The molecule has 19 heavy (non-hydrogen) atoms. The van der Waals surface area contributed by atoms with Crippen molar-refractivity contribution in [1.82, 2.24) is 0 Å². The standard InChI is InChI=1S/C17H12O2/c18-17(19)15-11-5-9-13-8-2-1-6-12-7-3-4-10-14(12)16(13)15/h1-11H,(H,18,19)/b2-1-,6-1?,8-2?,12-6-,13-8-,16-14+. The molecule has 0 saturated heterocycles. The van der Waals surface area contributed by atoms with Crippen LogP contribution in [0.5, 0.6) is 0 Å². The Balaban J connectivity index is 2.75. The predicted molar refractivity (Wildman–Crippen MR) is 74.8 cm³/mol. The Morgan fingerprint density at radius 1 is 0.842 bits per heavy atom. The molecule has 2 aromatic rings. The van der Waals surface area contributed by atoms with Gasteiger partial charge in [-0.05, 0) is 21.7 Å². The first-order valence-corrected chi connectivity index (χ1v) is 6.08. The highest BCUT2D eigenvalue weighted by Crippen LogP contribution is 2.01. The van der Waals surface area contributed by atoms with Gasteiger partial charge >= 0.3 is 5.97 Å². The molecule has 3 rings (SSSR count). The summed E-state index contributed by atoms with van der Waals surface area (Å²) in [6, 6.07) is 13.2. The molecular formula is C17H12O2. The molecule has 0 unspecified atom stereocenters. The normalized spacial score (nSPS) is 19.4. The molecular weight excluding hydrogens is 236 g/mol. The van der Waals surface area contributed by atoms with Crippen LogP contribution in [0, 0.1) is 10.4 Å². The van der Waals surface area contributed by atoms with Gasteiger partial charge in [-0.1, -0.05) is 60.7 Å². The van der Waals surface area contributed by atoms with E-state index in [1.54, 1.807) is 12.1 Å². The number of allylic oxidation sites excluding steroid dienone is 2. The highest BCUT2D eigenvalue weighted by molar-refractivity contribution is 5.88. The quantitative estimate of drug-likeness (QED) is 0.835. The highest BCUT2D eigenvalue weighted by Gasteiger charge is 2.06. The van der Waals surface area contributed by atoms with Crippen LogP contribution < -0.4 is 10.4 Å². The molecule has 2 heteroatoms. The zero-order chi connectivity index (χ0) is 13.2. The van der Waals surface area contributed by atoms with Crippen LogP contribution in [0.25, 0.3) is 12.2 Å². The summed E-state index contributed by atoms with van der Waals surface area (Å²) in [6.07, 6.45) is 7.83. The minimum Gasteiger partial charge on any atom is -0.478 e. The van der Waals surface area contributed by atoms with Gasteiger partial charge in [0.25, 0.3) is 0 Å². The van der Waals surface area contributed by atoms with E-state index in [4.69, 9.17) is 0 Å². The van der Waals surface area contributed by atoms with E-state index >= 15 is 0 Å². The number of fused-ring (bicyclic) bond motifs is 2. The minimum atomic E-state index is -0.899. The maximum absolute atomic E-state index is 11.4. The second-order valence-corrected chi connectivity index (χ2v) is 4.38. The minimum absolute atomic E-state index is 0.338. The van der Waals surface area contributed by atoms with Crippen molar-refractivity contribution in [3.05, 3.63) is 81.1 Å². The predicted octanol–water partition coefficient (Wildman–Crippen LogP) is 1.80. The van der Waals surface area contributed by atoms with Gasteiger partial charge in [0.1, 0.15) is 0 Å². The Labute approximate surface area is 110 Å². The summed E-state index contributed by atoms with van der Waals surface area (Å²) in [5.74, 6) is -0.899. The number of aromatic carboxylic acids is 1. The average molecular weight is 248 g/mol. The van der Waals surface area contributed by atoms with Crippen LogP contribution in [0.1, 0.15) is 10.4 Å². The van der Waals surface area contributed by atoms with Crippen molar-refractivity contribution in [3.63, 3.8) is 0 Å². The second kappa shape index (κ2) is 4.58. The van der Waals surface area contributed by atoms with Crippen LogP contribution in [-0.2, 0) is 0 Å². The molecule has 0 atom stereocenters. The summed E-state index contributed by atoms with van der Waals surface area (Å²) < 4.78 is 0. The number of rotatable bonds is 1. The highest BCUT2D eigenvalue weighted by atomic mass is 16.4. The molecule has 0 bridgehead atoms. The SMILES string of the molecule is O=C(O)c1cccc2/c1=c1/cccc/c1=C/C=C\C=2. The summed E-state index contributed by atoms with van der Waals surface area (Å²) in [6.45, 7) is 0. The Bertz CT molecular complexity index is 890. The molecule has 0 aromatic heterocycles. The molecule has 92 valence electrons. The first-order chi connectivity index (χ1) is 9.27. The number of hydrogen-bond donors (Lipinski definition) is 1. The Morgan fingerprint density at radius 3 is 2.32 bits per heavy atom. The maximum Gasteiger partial charge on any atom is 0.336 e. The average Bonchev–Trinajstić information content (AvgIpc) is 2.41. The summed E-state index contributed by atoms with van der Waals surface area (Å²) in [4.78, 5) is 11.4. The lowest BCUT2D eigenvalue weighted by Gasteiger charge is -2.00. The van der Waals surface area contributed by atoms with E-state index in [1.807, 2.05) is 54.6 Å². The van der Waals surface area contributed by atoms with Gasteiger partial charge in [-0.2, -0.15) is 0 Å². The zero-order valence-electron chi connectivity index (χ0n) is 10.2. The topological polar surface area (TPSA) is 37.3 Å². The smallest absolute Gasteiger partial charge is 0.336 e. The van der Waals surface area contributed by atoms with Gasteiger partial charge in [-0.25, -0.2) is 4.79 Å². The van der Waals surface area contributed by atoms with Crippen molar-refractivity contribution in [2.45, 2.75) is 0 Å². The number of benzene rings is 2. The van der Waals surface area contributed by atoms with Gasteiger partial charge in [-0.3, -0.25) is 0 Å². The lowest BCUT2D eigenvalue weighted by molar-refractivity contribution is 0.0696. The van der Waals surface area contributed by atoms with Crippen molar-refractivity contribution in [3.8, 4) is 0 Å². The molecule has 1 N–H and O–H groups in total. The summed E-state index contributed by atoms with van der Waals surface area (Å²) >= 11 is 0. The molecule has 0 aliphatic heterocycles. The summed E-state index contributed by atoms with van der Waals surface area (Å²) in [7, 11) is 0. The summed E-state index contributed by atoms with van der Waals surface area (Å²) in [5.41, 5.74) is 0.338. The lowest BCUT2D eigenvalue weighted by Crippen LogP contribution is -2.14. The van der Waals surface area contributed by atoms with E-state index < -0.39 is 5.97 Å². The molecule has 1 aliphatic rings. The first kappa shape index (κ1) is 11.5. The van der Waals surface area contributed by atoms with E-state index in [0.717, 1.165) is 20.9 Å². The van der Waals surface area contributed by atoms with E-state index in [2.05, 4.69) is 0 Å². The van der Waals surface area contributed by atoms with Crippen molar-refractivity contribution in [2.75, 3.05) is 0 Å². The van der Waals surface area contributed by atoms with Crippen LogP contribution in [0.3, 0.4) is 0 Å². The van der Waals surface area contributed by atoms with Gasteiger partial charge in [-0.15, -0.1) is 0 Å². The molecule has 0 radical (unpaired) electrons.